The van der Waals surface area contributed by atoms with Gasteiger partial charge in [0.1, 0.15) is 0 Å². The molecular formula is C18H20BrN3O3S. The van der Waals surface area contributed by atoms with Crippen LogP contribution >= 0.6 is 15.9 Å². The summed E-state index contributed by atoms with van der Waals surface area (Å²) >= 11 is 3.25. The molecule has 6 nitrogen and oxygen atoms in total. The van der Waals surface area contributed by atoms with E-state index >= 15 is 0 Å². The van der Waals surface area contributed by atoms with Crippen LogP contribution in [0.3, 0.4) is 0 Å². The normalized spacial score (nSPS) is 15.7. The molecule has 0 bridgehead atoms. The molecule has 1 amide bonds. The topological polar surface area (TPSA) is 69.7 Å². The Morgan fingerprint density at radius 1 is 0.962 bits per heavy atom. The first-order valence-electron chi connectivity index (χ1n) is 8.21. The number of piperazine rings is 1. The molecule has 1 fully saturated rings. The molecule has 0 aromatic heterocycles. The van der Waals surface area contributed by atoms with Crippen LogP contribution in [0.15, 0.2) is 57.9 Å². The Balaban J connectivity index is 1.69. The van der Waals surface area contributed by atoms with Gasteiger partial charge in [0.15, 0.2) is 0 Å². The highest BCUT2D eigenvalue weighted by Crippen LogP contribution is 2.18. The second-order valence-electron chi connectivity index (χ2n) is 6.23. The molecule has 2 aromatic rings. The predicted octanol–water partition coefficient (Wildman–Crippen LogP) is 2.32. The summed E-state index contributed by atoms with van der Waals surface area (Å²) in [6, 6.07) is 13.1. The van der Waals surface area contributed by atoms with Crippen LogP contribution in [0.5, 0.6) is 0 Å². The number of hydrogen-bond acceptors (Lipinski definition) is 5. The maximum Gasteiger partial charge on any atom is 0.264 e. The summed E-state index contributed by atoms with van der Waals surface area (Å²) < 4.78 is 27.5. The van der Waals surface area contributed by atoms with E-state index < -0.39 is 15.9 Å². The minimum absolute atomic E-state index is 0.0445. The molecule has 0 atom stereocenters. The minimum Gasteiger partial charge on any atom is -0.369 e. The SMILES string of the molecule is CN1CCN(c2ccc(C(=O)NS(=O)(=O)c3ccc(Br)cc3)cc2)CC1. The van der Waals surface area contributed by atoms with E-state index in [-0.39, 0.29) is 4.90 Å². The molecular weight excluding hydrogens is 418 g/mol. The molecule has 1 N–H and O–H groups in total. The third kappa shape index (κ3) is 4.44. The molecule has 0 aliphatic carbocycles. The summed E-state index contributed by atoms with van der Waals surface area (Å²) in [4.78, 5) is 16.9. The van der Waals surface area contributed by atoms with Gasteiger partial charge in [-0.3, -0.25) is 4.79 Å². The molecule has 0 spiro atoms. The lowest BCUT2D eigenvalue weighted by Gasteiger charge is -2.34. The van der Waals surface area contributed by atoms with E-state index in [2.05, 4.69) is 37.5 Å². The Hall–Kier alpha value is -1.90. The van der Waals surface area contributed by atoms with Crippen LogP contribution in [0.2, 0.25) is 0 Å². The zero-order chi connectivity index (χ0) is 18.7. The van der Waals surface area contributed by atoms with E-state index in [0.717, 1.165) is 36.3 Å². The number of nitrogens with zero attached hydrogens (tertiary/aromatic N) is 2. The van der Waals surface area contributed by atoms with Crippen molar-refractivity contribution in [2.75, 3.05) is 38.1 Å². The van der Waals surface area contributed by atoms with Crippen molar-refractivity contribution >= 4 is 37.5 Å². The Morgan fingerprint density at radius 2 is 1.54 bits per heavy atom. The van der Waals surface area contributed by atoms with Gasteiger partial charge in [-0.2, -0.15) is 0 Å². The Morgan fingerprint density at radius 3 is 2.12 bits per heavy atom. The lowest BCUT2D eigenvalue weighted by Crippen LogP contribution is -2.44. The first-order chi connectivity index (χ1) is 12.3. The van der Waals surface area contributed by atoms with Crippen molar-refractivity contribution in [2.24, 2.45) is 0 Å². The third-order valence-corrected chi connectivity index (χ3v) is 6.22. The molecule has 1 heterocycles. The van der Waals surface area contributed by atoms with Gasteiger partial charge in [0.25, 0.3) is 15.9 Å². The van der Waals surface area contributed by atoms with Gasteiger partial charge in [-0.05, 0) is 55.6 Å². The van der Waals surface area contributed by atoms with Crippen LogP contribution in [0.25, 0.3) is 0 Å². The number of anilines is 1. The van der Waals surface area contributed by atoms with E-state index in [4.69, 9.17) is 0 Å². The molecule has 26 heavy (non-hydrogen) atoms. The van der Waals surface area contributed by atoms with Crippen molar-refractivity contribution in [3.63, 3.8) is 0 Å². The van der Waals surface area contributed by atoms with Gasteiger partial charge in [-0.25, -0.2) is 13.1 Å². The summed E-state index contributed by atoms with van der Waals surface area (Å²) in [6.07, 6.45) is 0. The van der Waals surface area contributed by atoms with Crippen molar-refractivity contribution in [2.45, 2.75) is 4.90 Å². The summed E-state index contributed by atoms with van der Waals surface area (Å²) in [7, 11) is -1.80. The Labute approximate surface area is 162 Å². The fraction of sp³-hybridized carbons (Fsp3) is 0.278. The highest BCUT2D eigenvalue weighted by atomic mass is 79.9. The van der Waals surface area contributed by atoms with E-state index in [1.54, 1.807) is 24.3 Å². The molecule has 8 heteroatoms. The van der Waals surface area contributed by atoms with E-state index in [1.165, 1.54) is 12.1 Å². The van der Waals surface area contributed by atoms with Gasteiger partial charge in [-0.1, -0.05) is 15.9 Å². The number of hydrogen-bond donors (Lipinski definition) is 1. The van der Waals surface area contributed by atoms with Crippen LogP contribution < -0.4 is 9.62 Å². The highest BCUT2D eigenvalue weighted by Gasteiger charge is 2.19. The number of likely N-dealkylation sites (N-methyl/N-ethyl adjacent to an activating group) is 1. The molecule has 0 radical (unpaired) electrons. The van der Waals surface area contributed by atoms with Crippen molar-refractivity contribution in [1.82, 2.24) is 9.62 Å². The number of nitrogens with one attached hydrogen (secondary N) is 1. The van der Waals surface area contributed by atoms with Gasteiger partial charge < -0.3 is 9.80 Å². The molecule has 1 aliphatic rings. The highest BCUT2D eigenvalue weighted by molar-refractivity contribution is 9.10. The zero-order valence-corrected chi connectivity index (χ0v) is 16.8. The number of carbonyl (C=O) groups excluding carboxylic acids is 1. The third-order valence-electron chi connectivity index (χ3n) is 4.35. The number of halogens is 1. The second-order valence-corrected chi connectivity index (χ2v) is 8.82. The minimum atomic E-state index is -3.90. The van der Waals surface area contributed by atoms with Crippen LogP contribution in [0, 0.1) is 0 Å². The number of carbonyl (C=O) groups is 1. The van der Waals surface area contributed by atoms with E-state index in [0.29, 0.717) is 5.56 Å². The predicted molar refractivity (Wildman–Crippen MR) is 105 cm³/mol. The lowest BCUT2D eigenvalue weighted by atomic mass is 10.1. The number of rotatable bonds is 4. The molecule has 0 saturated carbocycles. The summed E-state index contributed by atoms with van der Waals surface area (Å²) in [5, 5.41) is 0. The summed E-state index contributed by atoms with van der Waals surface area (Å²) in [5.41, 5.74) is 1.34. The van der Waals surface area contributed by atoms with Crippen molar-refractivity contribution in [3.8, 4) is 0 Å². The van der Waals surface area contributed by atoms with Crippen molar-refractivity contribution in [1.29, 1.82) is 0 Å². The summed E-state index contributed by atoms with van der Waals surface area (Å²) in [6.45, 7) is 3.85. The number of amides is 1. The fourth-order valence-electron chi connectivity index (χ4n) is 2.74. The van der Waals surface area contributed by atoms with Crippen molar-refractivity contribution < 1.29 is 13.2 Å². The van der Waals surface area contributed by atoms with Gasteiger partial charge >= 0.3 is 0 Å². The maximum atomic E-state index is 12.3. The van der Waals surface area contributed by atoms with Crippen LogP contribution in [-0.4, -0.2) is 52.5 Å². The lowest BCUT2D eigenvalue weighted by molar-refractivity contribution is 0.0981. The zero-order valence-electron chi connectivity index (χ0n) is 14.4. The standard InChI is InChI=1S/C18H20BrN3O3S/c1-21-10-12-22(13-11-21)16-6-2-14(3-7-16)18(23)20-26(24,25)17-8-4-15(19)5-9-17/h2-9H,10-13H2,1H3,(H,20,23). The molecule has 0 unspecified atom stereocenters. The monoisotopic (exact) mass is 437 g/mol. The molecule has 1 aliphatic heterocycles. The van der Waals surface area contributed by atoms with Crippen LogP contribution in [-0.2, 0) is 10.0 Å². The van der Waals surface area contributed by atoms with Gasteiger partial charge in [0.05, 0.1) is 4.90 Å². The fourth-order valence-corrected chi connectivity index (χ4v) is 3.98. The van der Waals surface area contributed by atoms with Crippen LogP contribution in [0.4, 0.5) is 5.69 Å². The second kappa shape index (κ2) is 7.77. The summed E-state index contributed by atoms with van der Waals surface area (Å²) in [5.74, 6) is -0.641. The average molecular weight is 438 g/mol. The Bertz CT molecular complexity index is 875. The number of sulfonamides is 1. The molecule has 138 valence electrons. The smallest absolute Gasteiger partial charge is 0.264 e. The van der Waals surface area contributed by atoms with Crippen molar-refractivity contribution in [3.05, 3.63) is 58.6 Å². The van der Waals surface area contributed by atoms with E-state index in [1.807, 2.05) is 12.1 Å². The van der Waals surface area contributed by atoms with Gasteiger partial charge in [0, 0.05) is 41.9 Å². The number of benzene rings is 2. The van der Waals surface area contributed by atoms with Gasteiger partial charge in [0.2, 0.25) is 0 Å². The first-order valence-corrected chi connectivity index (χ1v) is 10.5. The van der Waals surface area contributed by atoms with E-state index in [9.17, 15) is 13.2 Å². The Kier molecular flexibility index (Phi) is 5.64. The van der Waals surface area contributed by atoms with Crippen LogP contribution in [0.1, 0.15) is 10.4 Å². The molecule has 3 rings (SSSR count). The average Bonchev–Trinajstić information content (AvgIpc) is 2.62. The largest absolute Gasteiger partial charge is 0.369 e. The molecule has 2 aromatic carbocycles. The van der Waals surface area contributed by atoms with Gasteiger partial charge in [-0.15, -0.1) is 0 Å². The quantitative estimate of drug-likeness (QED) is 0.794. The maximum absolute atomic E-state index is 12.3. The molecule has 1 saturated heterocycles. The first kappa shape index (κ1) is 18.9.